The summed E-state index contributed by atoms with van der Waals surface area (Å²) in [5.41, 5.74) is -0.810. The van der Waals surface area contributed by atoms with Crippen molar-refractivity contribution in [1.29, 1.82) is 0 Å². The molecule has 10 heteroatoms. The molecule has 1 aromatic heterocycles. The van der Waals surface area contributed by atoms with Crippen molar-refractivity contribution in [3.05, 3.63) is 36.3 Å². The highest BCUT2D eigenvalue weighted by Crippen LogP contribution is 2.35. The number of benzene rings is 1. The minimum Gasteiger partial charge on any atom is -0.376 e. The van der Waals surface area contributed by atoms with Crippen molar-refractivity contribution in [2.75, 3.05) is 23.7 Å². The zero-order valence-electron chi connectivity index (χ0n) is 12.6. The number of anilines is 2. The summed E-state index contributed by atoms with van der Waals surface area (Å²) in [6, 6.07) is 2.86. The molecule has 0 bridgehead atoms. The molecule has 0 amide bonds. The molecule has 2 aromatic rings. The molecule has 0 atom stereocenters. The first-order chi connectivity index (χ1) is 10.5. The van der Waals surface area contributed by atoms with Gasteiger partial charge in [-0.1, -0.05) is 0 Å². The second-order valence-corrected chi connectivity index (χ2v) is 6.74. The summed E-state index contributed by atoms with van der Waals surface area (Å²) in [6.45, 7) is 0. The number of hydrogen-bond donors (Lipinski definition) is 1. The lowest BCUT2D eigenvalue weighted by molar-refractivity contribution is -0.137. The van der Waals surface area contributed by atoms with Crippen molar-refractivity contribution in [1.82, 2.24) is 9.55 Å². The average molecular weight is 348 g/mol. The fourth-order valence-corrected chi connectivity index (χ4v) is 2.96. The summed E-state index contributed by atoms with van der Waals surface area (Å²) < 4.78 is 66.7. The Bertz CT molecular complexity index is 813. The summed E-state index contributed by atoms with van der Waals surface area (Å²) in [6.07, 6.45) is -2.03. The van der Waals surface area contributed by atoms with Crippen molar-refractivity contribution in [3.8, 4) is 0 Å². The number of imidazole rings is 1. The van der Waals surface area contributed by atoms with Crippen molar-refractivity contribution in [3.63, 3.8) is 0 Å². The van der Waals surface area contributed by atoms with Crippen LogP contribution in [0, 0.1) is 0 Å². The molecular weight excluding hydrogens is 333 g/mol. The molecule has 23 heavy (non-hydrogen) atoms. The van der Waals surface area contributed by atoms with Crippen LogP contribution < -0.4 is 9.62 Å². The Morgan fingerprint density at radius 2 is 1.91 bits per heavy atom. The highest BCUT2D eigenvalue weighted by Gasteiger charge is 2.32. The molecule has 0 aliphatic carbocycles. The van der Waals surface area contributed by atoms with Gasteiger partial charge in [0.15, 0.2) is 5.03 Å². The topological polar surface area (TPSA) is 67.2 Å². The number of rotatable bonds is 4. The van der Waals surface area contributed by atoms with Gasteiger partial charge in [-0.2, -0.15) is 21.6 Å². The molecular formula is C13H15F3N4O2S. The maximum absolute atomic E-state index is 12.9. The number of nitrogens with one attached hydrogen (secondary N) is 1. The van der Waals surface area contributed by atoms with Crippen LogP contribution in [0.1, 0.15) is 5.56 Å². The zero-order valence-corrected chi connectivity index (χ0v) is 13.4. The van der Waals surface area contributed by atoms with Gasteiger partial charge in [0.1, 0.15) is 0 Å². The Balaban J connectivity index is 2.48. The highest BCUT2D eigenvalue weighted by atomic mass is 32.2. The van der Waals surface area contributed by atoms with E-state index in [2.05, 4.69) is 9.71 Å². The Morgan fingerprint density at radius 1 is 1.26 bits per heavy atom. The maximum Gasteiger partial charge on any atom is 0.416 e. The van der Waals surface area contributed by atoms with E-state index in [4.69, 9.17) is 0 Å². The fraction of sp³-hybridized carbons (Fsp3) is 0.308. The Hall–Kier alpha value is -2.23. The van der Waals surface area contributed by atoms with Crippen molar-refractivity contribution < 1.29 is 21.6 Å². The molecule has 1 N–H and O–H groups in total. The third-order valence-electron chi connectivity index (χ3n) is 3.01. The Labute approximate surface area is 131 Å². The molecule has 0 fully saturated rings. The number of sulfonamides is 1. The first-order valence-electron chi connectivity index (χ1n) is 6.40. The summed E-state index contributed by atoms with van der Waals surface area (Å²) in [5, 5.41) is -0.276. The molecule has 2 rings (SSSR count). The van der Waals surface area contributed by atoms with E-state index in [0.717, 1.165) is 12.1 Å². The third kappa shape index (κ3) is 3.76. The minimum atomic E-state index is -4.57. The first kappa shape index (κ1) is 17.1. The molecule has 126 valence electrons. The van der Waals surface area contributed by atoms with Gasteiger partial charge in [-0.15, -0.1) is 0 Å². The number of halogens is 3. The molecule has 0 saturated carbocycles. The van der Waals surface area contributed by atoms with Gasteiger partial charge in [0, 0.05) is 27.3 Å². The summed E-state index contributed by atoms with van der Waals surface area (Å²) in [5.74, 6) is 0. The van der Waals surface area contributed by atoms with Crippen LogP contribution in [-0.2, 0) is 23.2 Å². The van der Waals surface area contributed by atoms with Gasteiger partial charge in [-0.05, 0) is 18.2 Å². The lowest BCUT2D eigenvalue weighted by atomic mass is 10.1. The van der Waals surface area contributed by atoms with Crippen LogP contribution in [0.15, 0.2) is 35.7 Å². The minimum absolute atomic E-state index is 0.171. The van der Waals surface area contributed by atoms with Gasteiger partial charge in [0.2, 0.25) is 0 Å². The molecule has 0 unspecified atom stereocenters. The summed E-state index contributed by atoms with van der Waals surface area (Å²) in [4.78, 5) is 5.22. The lowest BCUT2D eigenvalue weighted by Crippen LogP contribution is -2.18. The van der Waals surface area contributed by atoms with E-state index in [1.807, 2.05) is 0 Å². The van der Waals surface area contributed by atoms with Gasteiger partial charge in [-0.25, -0.2) is 4.98 Å². The van der Waals surface area contributed by atoms with Gasteiger partial charge < -0.3 is 9.47 Å². The van der Waals surface area contributed by atoms with Gasteiger partial charge in [0.25, 0.3) is 10.0 Å². The smallest absolute Gasteiger partial charge is 0.376 e. The van der Waals surface area contributed by atoms with Crippen LogP contribution in [-0.4, -0.2) is 32.1 Å². The quantitative estimate of drug-likeness (QED) is 0.921. The Kier molecular flexibility index (Phi) is 4.29. The van der Waals surface area contributed by atoms with Crippen molar-refractivity contribution in [2.45, 2.75) is 11.2 Å². The SMILES string of the molecule is CN(C)c1ccc(C(F)(F)F)cc1NS(=O)(=O)c1cn(C)cn1. The average Bonchev–Trinajstić information content (AvgIpc) is 2.84. The molecule has 0 radical (unpaired) electrons. The molecule has 0 saturated heterocycles. The van der Waals surface area contributed by atoms with Gasteiger partial charge >= 0.3 is 6.18 Å². The standard InChI is InChI=1S/C13H15F3N4O2S/c1-19(2)11-5-4-9(13(14,15)16)6-10(11)18-23(21,22)12-7-20(3)8-17-12/h4-8,18H,1-3H3. The second-order valence-electron chi connectivity index (χ2n) is 5.11. The second kappa shape index (κ2) is 5.76. The summed E-state index contributed by atoms with van der Waals surface area (Å²) in [7, 11) is 0.695. The van der Waals surface area contributed by atoms with Crippen molar-refractivity contribution >= 4 is 21.4 Å². The Morgan fingerprint density at radius 3 is 2.39 bits per heavy atom. The van der Waals surface area contributed by atoms with E-state index in [-0.39, 0.29) is 10.7 Å². The van der Waals surface area contributed by atoms with Crippen LogP contribution >= 0.6 is 0 Å². The van der Waals surface area contributed by atoms with Crippen molar-refractivity contribution in [2.24, 2.45) is 7.05 Å². The zero-order chi connectivity index (χ0) is 17.4. The van der Waals surface area contributed by atoms with Crippen LogP contribution in [0.2, 0.25) is 0 Å². The molecule has 0 spiro atoms. The normalized spacial score (nSPS) is 12.3. The molecule has 0 aliphatic rings. The molecule has 1 heterocycles. The van der Waals surface area contributed by atoms with Crippen LogP contribution in [0.5, 0.6) is 0 Å². The van der Waals surface area contributed by atoms with Gasteiger partial charge in [-0.3, -0.25) is 4.72 Å². The van der Waals surface area contributed by atoms with E-state index in [1.54, 1.807) is 21.1 Å². The van der Waals surface area contributed by atoms with Crippen LogP contribution in [0.4, 0.5) is 24.5 Å². The molecule has 1 aromatic carbocycles. The monoisotopic (exact) mass is 348 g/mol. The number of nitrogens with zero attached hydrogens (tertiary/aromatic N) is 3. The molecule has 0 aliphatic heterocycles. The summed E-state index contributed by atoms with van der Waals surface area (Å²) >= 11 is 0. The number of aromatic nitrogens is 2. The van der Waals surface area contributed by atoms with E-state index in [9.17, 15) is 21.6 Å². The number of aryl methyl sites for hydroxylation is 1. The fourth-order valence-electron chi connectivity index (χ4n) is 1.91. The third-order valence-corrected chi connectivity index (χ3v) is 4.26. The number of alkyl halides is 3. The van der Waals surface area contributed by atoms with E-state index < -0.39 is 21.8 Å². The van der Waals surface area contributed by atoms with Crippen LogP contribution in [0.25, 0.3) is 0 Å². The lowest BCUT2D eigenvalue weighted by Gasteiger charge is -2.20. The largest absolute Gasteiger partial charge is 0.416 e. The predicted octanol–water partition coefficient (Wildman–Crippen LogP) is 2.31. The highest BCUT2D eigenvalue weighted by molar-refractivity contribution is 7.92. The maximum atomic E-state index is 12.9. The molecule has 6 nitrogen and oxygen atoms in total. The number of hydrogen-bond acceptors (Lipinski definition) is 4. The van der Waals surface area contributed by atoms with Gasteiger partial charge in [0.05, 0.1) is 23.3 Å². The van der Waals surface area contributed by atoms with E-state index >= 15 is 0 Å². The van der Waals surface area contributed by atoms with Crippen LogP contribution in [0.3, 0.4) is 0 Å². The predicted molar refractivity (Wildman–Crippen MR) is 79.8 cm³/mol. The van der Waals surface area contributed by atoms with E-state index in [1.165, 1.54) is 28.1 Å². The first-order valence-corrected chi connectivity index (χ1v) is 7.88. The van der Waals surface area contributed by atoms with E-state index in [0.29, 0.717) is 5.69 Å².